The molecule has 1 aromatic heterocycles. The summed E-state index contributed by atoms with van der Waals surface area (Å²) in [6.07, 6.45) is 0.998. The van der Waals surface area contributed by atoms with Gasteiger partial charge < -0.3 is 10.6 Å². The number of aromatic nitrogens is 4. The highest BCUT2D eigenvalue weighted by Crippen LogP contribution is 2.17. The van der Waals surface area contributed by atoms with Gasteiger partial charge in [-0.2, -0.15) is 5.21 Å². The molecule has 1 aromatic carbocycles. The van der Waals surface area contributed by atoms with E-state index in [9.17, 15) is 4.79 Å². The predicted molar refractivity (Wildman–Crippen MR) is 75.3 cm³/mol. The first-order valence-electron chi connectivity index (χ1n) is 6.55. The number of amides is 1. The van der Waals surface area contributed by atoms with E-state index in [1.165, 1.54) is 0 Å². The zero-order valence-electron chi connectivity index (χ0n) is 11.6. The third-order valence-corrected chi connectivity index (χ3v) is 2.78. The van der Waals surface area contributed by atoms with Crippen LogP contribution in [-0.2, 0) is 6.54 Å². The SMILES string of the molecule is CCCNc1cc(C)ccc1C(=O)NCc1nn[nH]n1. The van der Waals surface area contributed by atoms with Crippen molar-refractivity contribution in [2.24, 2.45) is 0 Å². The second-order valence-corrected chi connectivity index (χ2v) is 4.49. The normalized spacial score (nSPS) is 10.3. The van der Waals surface area contributed by atoms with Gasteiger partial charge in [0.05, 0.1) is 12.1 Å². The maximum absolute atomic E-state index is 12.2. The molecular formula is C13H18N6O. The van der Waals surface area contributed by atoms with Gasteiger partial charge in [0.15, 0.2) is 5.82 Å². The Morgan fingerprint density at radius 1 is 1.40 bits per heavy atom. The van der Waals surface area contributed by atoms with Crippen LogP contribution < -0.4 is 10.6 Å². The Labute approximate surface area is 117 Å². The molecule has 7 heteroatoms. The van der Waals surface area contributed by atoms with Crippen LogP contribution in [0.1, 0.15) is 35.1 Å². The summed E-state index contributed by atoms with van der Waals surface area (Å²) in [6.45, 7) is 5.15. The molecule has 1 amide bonds. The van der Waals surface area contributed by atoms with Crippen molar-refractivity contribution in [3.8, 4) is 0 Å². The molecule has 0 unspecified atom stereocenters. The summed E-state index contributed by atoms with van der Waals surface area (Å²) >= 11 is 0. The summed E-state index contributed by atoms with van der Waals surface area (Å²) < 4.78 is 0. The van der Waals surface area contributed by atoms with Gasteiger partial charge in [0, 0.05) is 12.2 Å². The minimum absolute atomic E-state index is 0.159. The van der Waals surface area contributed by atoms with E-state index < -0.39 is 0 Å². The first kappa shape index (κ1) is 14.0. The maximum Gasteiger partial charge on any atom is 0.253 e. The van der Waals surface area contributed by atoms with E-state index >= 15 is 0 Å². The lowest BCUT2D eigenvalue weighted by molar-refractivity contribution is 0.0950. The topological polar surface area (TPSA) is 95.6 Å². The standard InChI is InChI=1S/C13H18N6O/c1-3-6-14-11-7-9(2)4-5-10(11)13(20)15-8-12-16-18-19-17-12/h4-5,7,14H,3,6,8H2,1-2H3,(H,15,20)(H,16,17,18,19). The van der Waals surface area contributed by atoms with Crippen LogP contribution in [0.25, 0.3) is 0 Å². The van der Waals surface area contributed by atoms with E-state index in [-0.39, 0.29) is 12.5 Å². The molecule has 0 aliphatic rings. The predicted octanol–water partition coefficient (Wildman–Crippen LogP) is 1.26. The molecule has 0 aliphatic heterocycles. The molecule has 0 aliphatic carbocycles. The van der Waals surface area contributed by atoms with Crippen molar-refractivity contribution in [3.63, 3.8) is 0 Å². The van der Waals surface area contributed by atoms with Crippen molar-refractivity contribution >= 4 is 11.6 Å². The van der Waals surface area contributed by atoms with Crippen LogP contribution in [-0.4, -0.2) is 33.1 Å². The van der Waals surface area contributed by atoms with Crippen molar-refractivity contribution in [2.75, 3.05) is 11.9 Å². The van der Waals surface area contributed by atoms with Gasteiger partial charge in [0.1, 0.15) is 0 Å². The number of carbonyl (C=O) groups excluding carboxylic acids is 1. The molecule has 2 aromatic rings. The summed E-state index contributed by atoms with van der Waals surface area (Å²) in [7, 11) is 0. The number of benzene rings is 1. The number of hydrogen-bond donors (Lipinski definition) is 3. The van der Waals surface area contributed by atoms with Crippen LogP contribution in [0, 0.1) is 6.92 Å². The molecule has 0 radical (unpaired) electrons. The largest absolute Gasteiger partial charge is 0.384 e. The molecule has 20 heavy (non-hydrogen) atoms. The molecule has 106 valence electrons. The number of nitrogens with zero attached hydrogens (tertiary/aromatic N) is 3. The minimum Gasteiger partial charge on any atom is -0.384 e. The number of hydrogen-bond acceptors (Lipinski definition) is 5. The molecule has 0 bridgehead atoms. The van der Waals surface area contributed by atoms with E-state index in [1.807, 2.05) is 25.1 Å². The van der Waals surface area contributed by atoms with E-state index in [0.29, 0.717) is 11.4 Å². The molecule has 0 saturated carbocycles. The van der Waals surface area contributed by atoms with E-state index in [2.05, 4.69) is 38.2 Å². The van der Waals surface area contributed by atoms with Crippen LogP contribution in [0.15, 0.2) is 18.2 Å². The highest BCUT2D eigenvalue weighted by atomic mass is 16.1. The molecule has 7 nitrogen and oxygen atoms in total. The molecular weight excluding hydrogens is 256 g/mol. The van der Waals surface area contributed by atoms with Gasteiger partial charge in [-0.1, -0.05) is 18.2 Å². The van der Waals surface area contributed by atoms with Gasteiger partial charge in [0.25, 0.3) is 5.91 Å². The lowest BCUT2D eigenvalue weighted by Gasteiger charge is -2.12. The zero-order valence-corrected chi connectivity index (χ0v) is 11.6. The zero-order chi connectivity index (χ0) is 14.4. The van der Waals surface area contributed by atoms with Gasteiger partial charge >= 0.3 is 0 Å². The average molecular weight is 274 g/mol. The second-order valence-electron chi connectivity index (χ2n) is 4.49. The first-order chi connectivity index (χ1) is 9.70. The first-order valence-corrected chi connectivity index (χ1v) is 6.55. The Morgan fingerprint density at radius 3 is 2.95 bits per heavy atom. The number of anilines is 1. The third-order valence-electron chi connectivity index (χ3n) is 2.78. The Balaban J connectivity index is 2.07. The summed E-state index contributed by atoms with van der Waals surface area (Å²) in [4.78, 5) is 12.2. The summed E-state index contributed by atoms with van der Waals surface area (Å²) in [5.74, 6) is 0.293. The van der Waals surface area contributed by atoms with Crippen molar-refractivity contribution < 1.29 is 4.79 Å². The highest BCUT2D eigenvalue weighted by molar-refractivity contribution is 5.99. The molecule has 2 rings (SSSR count). The maximum atomic E-state index is 12.2. The van der Waals surface area contributed by atoms with Gasteiger partial charge in [-0.3, -0.25) is 4.79 Å². The molecule has 0 atom stereocenters. The second kappa shape index (κ2) is 6.65. The van der Waals surface area contributed by atoms with Crippen LogP contribution >= 0.6 is 0 Å². The number of aryl methyl sites for hydroxylation is 1. The molecule has 1 heterocycles. The van der Waals surface area contributed by atoms with Crippen LogP contribution in [0.5, 0.6) is 0 Å². The highest BCUT2D eigenvalue weighted by Gasteiger charge is 2.12. The monoisotopic (exact) mass is 274 g/mol. The summed E-state index contributed by atoms with van der Waals surface area (Å²) in [6, 6.07) is 5.71. The smallest absolute Gasteiger partial charge is 0.253 e. The van der Waals surface area contributed by atoms with Gasteiger partial charge in [-0.15, -0.1) is 10.2 Å². The number of aromatic amines is 1. The van der Waals surface area contributed by atoms with Crippen molar-refractivity contribution in [1.82, 2.24) is 25.9 Å². The van der Waals surface area contributed by atoms with Crippen molar-refractivity contribution in [1.29, 1.82) is 0 Å². The number of nitrogens with one attached hydrogen (secondary N) is 3. The average Bonchev–Trinajstić information content (AvgIpc) is 2.96. The third kappa shape index (κ3) is 3.53. The Bertz CT molecular complexity index is 566. The number of carbonyl (C=O) groups is 1. The molecule has 0 fully saturated rings. The summed E-state index contributed by atoms with van der Waals surface area (Å²) in [5.41, 5.74) is 2.57. The van der Waals surface area contributed by atoms with Crippen molar-refractivity contribution in [2.45, 2.75) is 26.8 Å². The molecule has 0 saturated heterocycles. The fraction of sp³-hybridized carbons (Fsp3) is 0.385. The van der Waals surface area contributed by atoms with Crippen LogP contribution in [0.4, 0.5) is 5.69 Å². The van der Waals surface area contributed by atoms with Gasteiger partial charge in [0.2, 0.25) is 0 Å². The van der Waals surface area contributed by atoms with E-state index in [1.54, 1.807) is 0 Å². The summed E-state index contributed by atoms with van der Waals surface area (Å²) in [5, 5.41) is 19.4. The quantitative estimate of drug-likeness (QED) is 0.737. The Kier molecular flexibility index (Phi) is 4.65. The lowest BCUT2D eigenvalue weighted by atomic mass is 10.1. The van der Waals surface area contributed by atoms with Gasteiger partial charge in [-0.25, -0.2) is 0 Å². The van der Waals surface area contributed by atoms with E-state index in [0.717, 1.165) is 24.2 Å². The van der Waals surface area contributed by atoms with E-state index in [4.69, 9.17) is 0 Å². The number of H-pyrrole nitrogens is 1. The Morgan fingerprint density at radius 2 is 2.25 bits per heavy atom. The molecule has 3 N–H and O–H groups in total. The van der Waals surface area contributed by atoms with Crippen LogP contribution in [0.2, 0.25) is 0 Å². The fourth-order valence-corrected chi connectivity index (χ4v) is 1.77. The number of rotatable bonds is 6. The van der Waals surface area contributed by atoms with Crippen molar-refractivity contribution in [3.05, 3.63) is 35.2 Å². The lowest BCUT2D eigenvalue weighted by Crippen LogP contribution is -2.24. The van der Waals surface area contributed by atoms with Crippen LogP contribution in [0.3, 0.4) is 0 Å². The van der Waals surface area contributed by atoms with Gasteiger partial charge in [-0.05, 0) is 31.0 Å². The molecule has 0 spiro atoms. The Hall–Kier alpha value is -2.44. The minimum atomic E-state index is -0.159. The fourth-order valence-electron chi connectivity index (χ4n) is 1.77. The number of tetrazole rings is 1.